The van der Waals surface area contributed by atoms with Gasteiger partial charge in [0.05, 0.1) is 6.61 Å². The van der Waals surface area contributed by atoms with Gasteiger partial charge in [-0.05, 0) is 90.1 Å². The predicted molar refractivity (Wildman–Crippen MR) is 245 cm³/mol. The van der Waals surface area contributed by atoms with Crippen LogP contribution in [-0.2, 0) is 14.2 Å². The number of amides is 1. The standard InChI is InChI=1S/C50H98N2O4/c1-5-9-13-15-17-19-21-23-25-27-29-31-33-35-37-39-45-54-47-49(48-56-50(53)51-41-44-52(42-11-7-3)43-12-8-4)55-46-40-38-36-34-32-30-28-26-24-22-20-18-16-14-10-6-2/h23-26,49H,5-22,27-48H2,1-4H3,(H,51,53)/b25-23-,26-24-. The summed E-state index contributed by atoms with van der Waals surface area (Å²) in [6.07, 6.45) is 50.2. The molecule has 0 aliphatic carbocycles. The average Bonchev–Trinajstić information content (AvgIpc) is 3.21. The molecule has 0 rings (SSSR count). The summed E-state index contributed by atoms with van der Waals surface area (Å²) in [4.78, 5) is 15.0. The van der Waals surface area contributed by atoms with Crippen LogP contribution in [0.25, 0.3) is 0 Å². The summed E-state index contributed by atoms with van der Waals surface area (Å²) >= 11 is 0. The molecular weight excluding hydrogens is 693 g/mol. The monoisotopic (exact) mass is 791 g/mol. The SMILES string of the molecule is CCCCCCCC/C=C\CCCCCCCCOCC(COC(=O)NCCN(CCCC)CCCC)OCCCCCCCC/C=C\CCCCCCCC. The summed E-state index contributed by atoms with van der Waals surface area (Å²) < 4.78 is 17.9. The molecule has 0 aliphatic rings. The highest BCUT2D eigenvalue weighted by atomic mass is 16.6. The molecule has 56 heavy (non-hydrogen) atoms. The van der Waals surface area contributed by atoms with E-state index in [1.165, 1.54) is 193 Å². The zero-order chi connectivity index (χ0) is 40.7. The zero-order valence-corrected chi connectivity index (χ0v) is 38.3. The first-order valence-corrected chi connectivity index (χ1v) is 24.8. The van der Waals surface area contributed by atoms with Crippen LogP contribution in [-0.4, -0.2) is 69.7 Å². The molecule has 0 aromatic carbocycles. The minimum atomic E-state index is -0.352. The van der Waals surface area contributed by atoms with Gasteiger partial charge in [0.25, 0.3) is 0 Å². The Morgan fingerprint density at radius 1 is 0.464 bits per heavy atom. The summed E-state index contributed by atoms with van der Waals surface area (Å²) in [5.74, 6) is 0. The van der Waals surface area contributed by atoms with Crippen LogP contribution in [0.5, 0.6) is 0 Å². The van der Waals surface area contributed by atoms with E-state index in [0.29, 0.717) is 19.8 Å². The maximum Gasteiger partial charge on any atom is 0.407 e. The molecule has 0 saturated carbocycles. The van der Waals surface area contributed by atoms with Crippen molar-refractivity contribution < 1.29 is 19.0 Å². The second kappa shape index (κ2) is 48.0. The molecule has 1 N–H and O–H groups in total. The first kappa shape index (κ1) is 54.6. The van der Waals surface area contributed by atoms with E-state index in [2.05, 4.69) is 62.2 Å². The van der Waals surface area contributed by atoms with Crippen molar-refractivity contribution in [3.05, 3.63) is 24.3 Å². The molecular formula is C50H98N2O4. The molecule has 0 aromatic rings. The molecule has 0 aromatic heterocycles. The number of ether oxygens (including phenoxy) is 3. The Hall–Kier alpha value is -1.37. The van der Waals surface area contributed by atoms with Gasteiger partial charge < -0.3 is 24.4 Å². The van der Waals surface area contributed by atoms with Crippen molar-refractivity contribution in [3.8, 4) is 0 Å². The molecule has 0 spiro atoms. The van der Waals surface area contributed by atoms with E-state index < -0.39 is 0 Å². The molecule has 332 valence electrons. The second-order valence-corrected chi connectivity index (χ2v) is 16.5. The van der Waals surface area contributed by atoms with Gasteiger partial charge in [0, 0.05) is 26.3 Å². The summed E-state index contributed by atoms with van der Waals surface area (Å²) in [7, 11) is 0. The van der Waals surface area contributed by atoms with Gasteiger partial charge in [0.2, 0.25) is 0 Å². The molecule has 0 heterocycles. The summed E-state index contributed by atoms with van der Waals surface area (Å²) in [6, 6.07) is 0. The van der Waals surface area contributed by atoms with Gasteiger partial charge in [-0.25, -0.2) is 4.79 Å². The van der Waals surface area contributed by atoms with Gasteiger partial charge in [0.1, 0.15) is 12.7 Å². The first-order valence-electron chi connectivity index (χ1n) is 24.8. The molecule has 1 amide bonds. The van der Waals surface area contributed by atoms with Crippen molar-refractivity contribution in [3.63, 3.8) is 0 Å². The van der Waals surface area contributed by atoms with Crippen LogP contribution in [0.2, 0.25) is 0 Å². The number of hydrogen-bond donors (Lipinski definition) is 1. The van der Waals surface area contributed by atoms with Crippen molar-refractivity contribution in [2.24, 2.45) is 0 Å². The largest absolute Gasteiger partial charge is 0.447 e. The van der Waals surface area contributed by atoms with Gasteiger partial charge in [-0.3, -0.25) is 0 Å². The number of carbonyl (C=O) groups excluding carboxylic acids is 1. The highest BCUT2D eigenvalue weighted by molar-refractivity contribution is 5.67. The van der Waals surface area contributed by atoms with Crippen LogP contribution in [0.3, 0.4) is 0 Å². The van der Waals surface area contributed by atoms with Gasteiger partial charge in [-0.2, -0.15) is 0 Å². The van der Waals surface area contributed by atoms with E-state index >= 15 is 0 Å². The van der Waals surface area contributed by atoms with Gasteiger partial charge in [0.15, 0.2) is 0 Å². The molecule has 0 radical (unpaired) electrons. The maximum absolute atomic E-state index is 12.6. The summed E-state index contributed by atoms with van der Waals surface area (Å²) in [5, 5.41) is 2.97. The Kier molecular flexibility index (Phi) is 46.8. The van der Waals surface area contributed by atoms with Crippen molar-refractivity contribution in [2.75, 3.05) is 52.6 Å². The fraction of sp³-hybridized carbons (Fsp3) is 0.900. The maximum atomic E-state index is 12.6. The minimum absolute atomic E-state index is 0.219. The molecule has 1 atom stereocenters. The van der Waals surface area contributed by atoms with E-state index in [4.69, 9.17) is 14.2 Å². The van der Waals surface area contributed by atoms with Crippen LogP contribution >= 0.6 is 0 Å². The highest BCUT2D eigenvalue weighted by Gasteiger charge is 2.14. The Morgan fingerprint density at radius 3 is 1.30 bits per heavy atom. The Labute approximate surface area is 350 Å². The molecule has 0 fully saturated rings. The molecule has 1 unspecified atom stereocenters. The third kappa shape index (κ3) is 43.7. The van der Waals surface area contributed by atoms with Crippen molar-refractivity contribution >= 4 is 6.09 Å². The third-order valence-corrected chi connectivity index (χ3v) is 10.9. The second-order valence-electron chi connectivity index (χ2n) is 16.5. The van der Waals surface area contributed by atoms with Crippen LogP contribution in [0.4, 0.5) is 4.79 Å². The van der Waals surface area contributed by atoms with E-state index in [1.807, 2.05) is 0 Å². The van der Waals surface area contributed by atoms with Crippen LogP contribution in [0.15, 0.2) is 24.3 Å². The van der Waals surface area contributed by atoms with Crippen molar-refractivity contribution in [2.45, 2.75) is 239 Å². The lowest BCUT2D eigenvalue weighted by Gasteiger charge is -2.22. The minimum Gasteiger partial charge on any atom is -0.447 e. The fourth-order valence-corrected chi connectivity index (χ4v) is 7.04. The average molecular weight is 791 g/mol. The molecule has 0 aliphatic heterocycles. The van der Waals surface area contributed by atoms with E-state index in [0.717, 1.165) is 39.1 Å². The lowest BCUT2D eigenvalue weighted by Crippen LogP contribution is -2.37. The molecule has 0 bridgehead atoms. The normalized spacial score (nSPS) is 12.4. The fourth-order valence-electron chi connectivity index (χ4n) is 7.04. The number of nitrogens with zero attached hydrogens (tertiary/aromatic N) is 1. The van der Waals surface area contributed by atoms with Gasteiger partial charge >= 0.3 is 6.09 Å². The van der Waals surface area contributed by atoms with E-state index in [-0.39, 0.29) is 18.8 Å². The lowest BCUT2D eigenvalue weighted by molar-refractivity contribution is -0.0468. The van der Waals surface area contributed by atoms with E-state index in [1.54, 1.807) is 0 Å². The molecule has 0 saturated heterocycles. The van der Waals surface area contributed by atoms with Crippen LogP contribution < -0.4 is 5.32 Å². The number of rotatable bonds is 46. The van der Waals surface area contributed by atoms with Crippen LogP contribution in [0.1, 0.15) is 233 Å². The number of nitrogens with one attached hydrogen (secondary N) is 1. The quantitative estimate of drug-likeness (QED) is 0.0491. The smallest absolute Gasteiger partial charge is 0.407 e. The molecule has 6 heteroatoms. The number of unbranched alkanes of at least 4 members (excludes halogenated alkanes) is 26. The molecule has 6 nitrogen and oxygen atoms in total. The first-order chi connectivity index (χ1) is 27.7. The Morgan fingerprint density at radius 2 is 0.857 bits per heavy atom. The highest BCUT2D eigenvalue weighted by Crippen LogP contribution is 2.12. The Bertz CT molecular complexity index is 811. The number of allylic oxidation sites excluding steroid dienone is 4. The number of alkyl carbamates (subject to hydrolysis) is 1. The van der Waals surface area contributed by atoms with Crippen LogP contribution in [0, 0.1) is 0 Å². The summed E-state index contributed by atoms with van der Waals surface area (Å²) in [6.45, 7) is 14.8. The van der Waals surface area contributed by atoms with Gasteiger partial charge in [-0.15, -0.1) is 0 Å². The number of hydrogen-bond acceptors (Lipinski definition) is 5. The predicted octanol–water partition coefficient (Wildman–Crippen LogP) is 15.1. The van der Waals surface area contributed by atoms with Gasteiger partial charge in [-0.1, -0.05) is 180 Å². The topological polar surface area (TPSA) is 60.0 Å². The summed E-state index contributed by atoms with van der Waals surface area (Å²) in [5.41, 5.74) is 0. The Balaban J connectivity index is 4.24. The zero-order valence-electron chi connectivity index (χ0n) is 38.3. The third-order valence-electron chi connectivity index (χ3n) is 10.9. The number of carbonyl (C=O) groups is 1. The van der Waals surface area contributed by atoms with E-state index in [9.17, 15) is 4.79 Å². The van der Waals surface area contributed by atoms with Crippen molar-refractivity contribution in [1.29, 1.82) is 0 Å². The lowest BCUT2D eigenvalue weighted by atomic mass is 10.1. The van der Waals surface area contributed by atoms with Crippen molar-refractivity contribution in [1.82, 2.24) is 10.2 Å².